The number of carbonyl (C=O) groups is 4. The molecule has 0 N–H and O–H groups in total. The third-order valence-corrected chi connectivity index (χ3v) is 11.3. The Balaban J connectivity index is 0.000000780. The fraction of sp³-hybridized carbons (Fsp3) is 0.630. The van der Waals surface area contributed by atoms with Gasteiger partial charge in [-0.3, -0.25) is 19.2 Å². The summed E-state index contributed by atoms with van der Waals surface area (Å²) in [5.41, 5.74) is 0.688. The van der Waals surface area contributed by atoms with Crippen molar-refractivity contribution >= 4 is 23.4 Å². The van der Waals surface area contributed by atoms with E-state index in [4.69, 9.17) is 44.9 Å². The topological polar surface area (TPSA) is 130 Å². The molecule has 0 radical (unpaired) electrons. The minimum absolute atomic E-state index is 0.0196. The van der Waals surface area contributed by atoms with Crippen molar-refractivity contribution in [1.82, 2.24) is 9.80 Å². The van der Waals surface area contributed by atoms with Gasteiger partial charge >= 0.3 is 0 Å². The molecule has 0 aliphatic carbocycles. The van der Waals surface area contributed by atoms with E-state index in [0.717, 1.165) is 0 Å². The Morgan fingerprint density at radius 3 is 1.11 bits per heavy atom. The second-order valence-corrected chi connectivity index (χ2v) is 18.1. The van der Waals surface area contributed by atoms with Crippen LogP contribution in [0.1, 0.15) is 131 Å². The molecule has 1 unspecified atom stereocenters. The fourth-order valence-corrected chi connectivity index (χ4v) is 7.09. The Bertz CT molecular complexity index is 2070. The Kier molecular flexibility index (Phi) is 20.2. The highest BCUT2D eigenvalue weighted by molar-refractivity contribution is 5.99. The maximum Gasteiger partial charge on any atom is 0.225 e. The number of rotatable bonds is 30. The van der Waals surface area contributed by atoms with Crippen molar-refractivity contribution in [3.8, 4) is 23.0 Å². The lowest BCUT2D eigenvalue weighted by Crippen LogP contribution is -2.32. The monoisotopic (exact) mass is 935 g/mol. The van der Waals surface area contributed by atoms with Crippen LogP contribution in [0.2, 0.25) is 0 Å². The van der Waals surface area contributed by atoms with Crippen LogP contribution in [-0.2, 0) is 19.1 Å². The maximum atomic E-state index is 13.5. The van der Waals surface area contributed by atoms with Gasteiger partial charge in [0.15, 0.2) is 34.6 Å². The molecule has 0 saturated heterocycles. The van der Waals surface area contributed by atoms with Crippen molar-refractivity contribution in [3.63, 3.8) is 0 Å². The van der Waals surface area contributed by atoms with E-state index in [-0.39, 0.29) is 133 Å². The predicted octanol–water partition coefficient (Wildman–Crippen LogP) is 10.5. The minimum atomic E-state index is -2.72. The summed E-state index contributed by atoms with van der Waals surface area (Å²) in [6.07, 6.45) is 10.4. The number of carbonyl (C=O) groups excluding carboxylic acids is 4. The van der Waals surface area contributed by atoms with Gasteiger partial charge in [-0.05, 0) is 85.8 Å². The number of Topliss-reactive ketones (excluding diaryl/α,β-unsaturated/α-hetero) is 2. The first kappa shape index (κ1) is 41.5. The highest BCUT2D eigenvalue weighted by Crippen LogP contribution is 2.33. The number of amides is 2. The molecule has 0 bridgehead atoms. The van der Waals surface area contributed by atoms with Gasteiger partial charge in [0.1, 0.15) is 0 Å². The average molecular weight is 935 g/mol. The summed E-state index contributed by atoms with van der Waals surface area (Å²) in [5, 5.41) is 0. The SMILES string of the molecule is [2H]C([2H])([2H])OCCCOc1cc(C(=O)C(C/C=C/C[C@H](C(=O)N(C)C)C(C)C)C(C)C)ccc1OC([2H])([2H])[2H].[2H]C([2H])([2H])OCCCOc1cc(C(=O)[C@@H](C/C=C/C[C@H](C(=O)N(C)C)C(C)C)C(C)C)ccc1OC([2H])([2H])[2H]. The Morgan fingerprint density at radius 2 is 0.818 bits per heavy atom. The maximum absolute atomic E-state index is 13.5. The third kappa shape index (κ3) is 20.5. The summed E-state index contributed by atoms with van der Waals surface area (Å²) in [5.74, 6) is -0.631. The van der Waals surface area contributed by atoms with Crippen molar-refractivity contribution in [2.24, 2.45) is 47.3 Å². The lowest BCUT2D eigenvalue weighted by Gasteiger charge is -2.22. The van der Waals surface area contributed by atoms with Crippen molar-refractivity contribution in [2.45, 2.75) is 93.9 Å². The van der Waals surface area contributed by atoms with Crippen LogP contribution in [0.25, 0.3) is 0 Å². The second-order valence-electron chi connectivity index (χ2n) is 18.1. The molecule has 4 atom stereocenters. The fourth-order valence-electron chi connectivity index (χ4n) is 7.09. The first-order chi connectivity index (χ1) is 35.9. The molecule has 0 heterocycles. The van der Waals surface area contributed by atoms with E-state index < -0.39 is 28.2 Å². The molecule has 0 aliphatic heterocycles. The standard InChI is InChI=1S/2C27H43NO5/c2*1-19(2)22(12-9-10-13-23(20(3)4)27(30)28(5)6)26(29)21-14-15-24(32-8)25(18-21)33-17-11-16-31-7/h2*9-10,14-15,18-20,22-23H,11-13,16-17H2,1-8H3/b2*10-9+/t22?,23-;22-,23-/m00/s1/i2*7D3,8D3. The van der Waals surface area contributed by atoms with Gasteiger partial charge in [0, 0.05) is 103 Å². The molecule has 12 nitrogen and oxygen atoms in total. The third-order valence-electron chi connectivity index (χ3n) is 11.3. The van der Waals surface area contributed by atoms with Crippen LogP contribution >= 0.6 is 0 Å². The lowest BCUT2D eigenvalue weighted by atomic mass is 9.84. The number of ketones is 2. The highest BCUT2D eigenvalue weighted by Gasteiger charge is 2.27. The molecule has 0 fully saturated rings. The van der Waals surface area contributed by atoms with Gasteiger partial charge in [-0.25, -0.2) is 0 Å². The molecule has 2 amide bonds. The average Bonchev–Trinajstić information content (AvgIpc) is 3.29. The number of ether oxygens (including phenoxy) is 6. The van der Waals surface area contributed by atoms with Gasteiger partial charge in [-0.1, -0.05) is 79.7 Å². The van der Waals surface area contributed by atoms with Crippen LogP contribution in [0.5, 0.6) is 23.0 Å². The molecule has 2 aromatic rings. The number of allylic oxidation sites excluding steroid dienone is 4. The van der Waals surface area contributed by atoms with Crippen LogP contribution in [0.15, 0.2) is 60.7 Å². The summed E-state index contributed by atoms with van der Waals surface area (Å²) < 4.78 is 118. The molecule has 0 spiro atoms. The van der Waals surface area contributed by atoms with E-state index in [1.54, 1.807) is 38.0 Å². The van der Waals surface area contributed by atoms with Crippen LogP contribution in [0.3, 0.4) is 0 Å². The molecule has 0 aliphatic rings. The van der Waals surface area contributed by atoms with Gasteiger partial charge in [0.05, 0.1) is 43.7 Å². The van der Waals surface area contributed by atoms with Crippen molar-refractivity contribution in [2.75, 3.05) is 82.8 Å². The van der Waals surface area contributed by atoms with E-state index in [2.05, 4.69) is 0 Å². The van der Waals surface area contributed by atoms with Gasteiger partial charge in [0.25, 0.3) is 0 Å². The zero-order valence-corrected chi connectivity index (χ0v) is 41.4. The van der Waals surface area contributed by atoms with E-state index in [1.165, 1.54) is 36.4 Å². The summed E-state index contributed by atoms with van der Waals surface area (Å²) in [6.45, 7) is 15.8. The predicted molar refractivity (Wildman–Crippen MR) is 266 cm³/mol. The molecule has 12 heteroatoms. The quantitative estimate of drug-likeness (QED) is 0.0424. The Hall–Kier alpha value is -4.68. The minimum Gasteiger partial charge on any atom is -0.493 e. The van der Waals surface area contributed by atoms with Gasteiger partial charge in [0.2, 0.25) is 11.8 Å². The van der Waals surface area contributed by atoms with Gasteiger partial charge in [-0.15, -0.1) is 0 Å². The normalized spacial score (nSPS) is 16.8. The largest absolute Gasteiger partial charge is 0.493 e. The molecule has 0 saturated carbocycles. The van der Waals surface area contributed by atoms with E-state index in [9.17, 15) is 19.2 Å². The Morgan fingerprint density at radius 1 is 0.485 bits per heavy atom. The number of nitrogens with zero attached hydrogens (tertiary/aromatic N) is 2. The number of methoxy groups -OCH3 is 4. The smallest absolute Gasteiger partial charge is 0.225 e. The lowest BCUT2D eigenvalue weighted by molar-refractivity contribution is -0.135. The highest BCUT2D eigenvalue weighted by atomic mass is 16.5. The molecular weight excluding hydrogens is 837 g/mol. The summed E-state index contributed by atoms with van der Waals surface area (Å²) in [4.78, 5) is 55.1. The van der Waals surface area contributed by atoms with Crippen LogP contribution in [-0.4, -0.2) is 116 Å². The van der Waals surface area contributed by atoms with Crippen molar-refractivity contribution < 1.29 is 64.0 Å². The van der Waals surface area contributed by atoms with E-state index in [1.807, 2.05) is 79.7 Å². The molecule has 372 valence electrons. The van der Waals surface area contributed by atoms with Crippen LogP contribution in [0.4, 0.5) is 0 Å². The van der Waals surface area contributed by atoms with Gasteiger partial charge in [-0.2, -0.15) is 0 Å². The summed E-state index contributed by atoms with van der Waals surface area (Å²) in [7, 11) is -3.50. The zero-order chi connectivity index (χ0) is 59.9. The molecule has 2 aromatic carbocycles. The van der Waals surface area contributed by atoms with Crippen molar-refractivity contribution in [1.29, 1.82) is 0 Å². The number of benzene rings is 2. The Labute approximate surface area is 415 Å². The van der Waals surface area contributed by atoms with Crippen LogP contribution < -0.4 is 18.9 Å². The van der Waals surface area contributed by atoms with Gasteiger partial charge < -0.3 is 38.2 Å². The van der Waals surface area contributed by atoms with E-state index >= 15 is 0 Å². The first-order valence-corrected chi connectivity index (χ1v) is 22.9. The zero-order valence-electron chi connectivity index (χ0n) is 53.4. The number of hydrogen-bond acceptors (Lipinski definition) is 10. The molecule has 66 heavy (non-hydrogen) atoms. The summed E-state index contributed by atoms with van der Waals surface area (Å²) >= 11 is 0. The molecule has 2 rings (SSSR count). The first-order valence-electron chi connectivity index (χ1n) is 28.9. The van der Waals surface area contributed by atoms with Crippen LogP contribution in [0, 0.1) is 47.3 Å². The second kappa shape index (κ2) is 32.1. The summed E-state index contributed by atoms with van der Waals surface area (Å²) in [6, 6.07) is 8.72. The molecular formula is C54H86N2O10. The molecule has 0 aromatic heterocycles. The van der Waals surface area contributed by atoms with Crippen molar-refractivity contribution in [3.05, 3.63) is 71.8 Å². The number of hydrogen-bond donors (Lipinski definition) is 0. The van der Waals surface area contributed by atoms with E-state index in [0.29, 0.717) is 36.8 Å².